The average molecular weight is 1030 g/mol. The van der Waals surface area contributed by atoms with Crippen molar-refractivity contribution >= 4 is 57.8 Å². The van der Waals surface area contributed by atoms with E-state index in [0.29, 0.717) is 50.0 Å². The number of carbonyl (C=O) groups excluding carboxylic acids is 3. The number of aliphatic hydroxyl groups is 1. The lowest BCUT2D eigenvalue weighted by Gasteiger charge is -2.30. The zero-order valence-corrected chi connectivity index (χ0v) is 42.7. The normalized spacial score (nSPS) is 17.6. The van der Waals surface area contributed by atoms with Gasteiger partial charge in [-0.1, -0.05) is 38.1 Å². The molecule has 0 bridgehead atoms. The minimum Gasteiger partial charge on any atom is -0.494 e. The Morgan fingerprint density at radius 1 is 0.958 bits per heavy atom. The Balaban J connectivity index is 0.796. The van der Waals surface area contributed by atoms with Crippen LogP contribution in [0, 0.1) is 24.2 Å². The van der Waals surface area contributed by atoms with Gasteiger partial charge in [-0.3, -0.25) is 24.0 Å². The number of alkyl halides is 3. The summed E-state index contributed by atoms with van der Waals surface area (Å²) in [5, 5.41) is 27.4. The molecule has 72 heavy (non-hydrogen) atoms. The number of rotatable bonds is 21. The standard InChI is InChI=1S/C52H59F3N8O7S2/c1-32(2)45(48(66)60-29-40(64)26-44(60)47(65)59-33(3)35-11-13-36(14-12-35)46-34(4)57-31-72-46)61-30-42(28-58-61)70-24-10-22-68-21-8-7-9-23-69-41-19-17-38(18-20-41)63-50(71)62(49(67)51(63,5)6)39-16-15-37(27-56)43(25-39)52(53,54)55/h11-20,25,28,30-33,40,44-45,64H,7-10,21-24,26,29H2,1-6H3,(H,59,65)/t33-,40+,44-,45+/m0/s1. The van der Waals surface area contributed by atoms with Crippen LogP contribution >= 0.6 is 23.6 Å². The number of nitriles is 1. The topological polar surface area (TPSA) is 175 Å². The van der Waals surface area contributed by atoms with Gasteiger partial charge in [-0.2, -0.15) is 23.5 Å². The maximum atomic E-state index is 14.1. The molecule has 0 unspecified atom stereocenters. The van der Waals surface area contributed by atoms with Crippen molar-refractivity contribution in [2.75, 3.05) is 42.8 Å². The Morgan fingerprint density at radius 3 is 2.29 bits per heavy atom. The molecule has 2 fully saturated rings. The molecule has 4 atom stereocenters. The summed E-state index contributed by atoms with van der Waals surface area (Å²) < 4.78 is 60.4. The largest absolute Gasteiger partial charge is 0.494 e. The number of β-amino-alcohol motifs (C(OH)–C–C–N with tert-alkyl or cyclic N) is 1. The van der Waals surface area contributed by atoms with Crippen LogP contribution in [0.3, 0.4) is 0 Å². The SMILES string of the molecule is Cc1ncsc1-c1ccc([C@H](C)NC(=O)[C@@H]2C[C@@H](O)CN2C(=O)[C@@H](C(C)C)n2cc(OCCCOCCCCCOc3ccc(N4C(=S)N(c5ccc(C#N)c(C(F)(F)F)c5)C(=O)C4(C)C)cc3)cn2)cc1. The minimum atomic E-state index is -4.79. The van der Waals surface area contributed by atoms with Crippen molar-refractivity contribution in [2.45, 2.75) is 110 Å². The maximum Gasteiger partial charge on any atom is 0.417 e. The van der Waals surface area contributed by atoms with Gasteiger partial charge in [-0.05, 0) is 119 Å². The number of benzene rings is 3. The molecular formula is C52H59F3N8O7S2. The van der Waals surface area contributed by atoms with E-state index in [1.807, 2.05) is 57.5 Å². The van der Waals surface area contributed by atoms with Gasteiger partial charge in [0.2, 0.25) is 11.8 Å². The molecule has 2 N–H and O–H groups in total. The van der Waals surface area contributed by atoms with Crippen LogP contribution in [0.2, 0.25) is 0 Å². The molecule has 15 nitrogen and oxygen atoms in total. The van der Waals surface area contributed by atoms with E-state index in [9.17, 15) is 37.9 Å². The molecule has 4 heterocycles. The number of amides is 3. The fourth-order valence-electron chi connectivity index (χ4n) is 8.90. The van der Waals surface area contributed by atoms with Crippen LogP contribution < -0.4 is 24.6 Å². The first-order chi connectivity index (χ1) is 34.3. The lowest BCUT2D eigenvalue weighted by molar-refractivity contribution is -0.142. The van der Waals surface area contributed by atoms with Crippen molar-refractivity contribution < 1.29 is 46.9 Å². The number of hydrogen-bond donors (Lipinski definition) is 2. The van der Waals surface area contributed by atoms with Gasteiger partial charge < -0.3 is 34.4 Å². The van der Waals surface area contributed by atoms with E-state index in [1.165, 1.54) is 11.0 Å². The molecule has 20 heteroatoms. The van der Waals surface area contributed by atoms with Crippen LogP contribution in [0.25, 0.3) is 10.4 Å². The van der Waals surface area contributed by atoms with Gasteiger partial charge in [0.1, 0.15) is 23.4 Å². The van der Waals surface area contributed by atoms with Gasteiger partial charge in [-0.15, -0.1) is 11.3 Å². The smallest absolute Gasteiger partial charge is 0.417 e. The molecule has 0 radical (unpaired) electrons. The number of carbonyl (C=O) groups is 3. The number of ether oxygens (including phenoxy) is 3. The summed E-state index contributed by atoms with van der Waals surface area (Å²) in [5.74, 6) is -0.212. The Bertz CT molecular complexity index is 2760. The molecule has 2 saturated heterocycles. The molecule has 7 rings (SSSR count). The van der Waals surface area contributed by atoms with E-state index in [2.05, 4.69) is 15.4 Å². The average Bonchev–Trinajstić information content (AvgIpc) is 4.13. The molecular weight excluding hydrogens is 970 g/mol. The number of aryl methyl sites for hydroxylation is 1. The van der Waals surface area contributed by atoms with Crippen LogP contribution in [0.5, 0.6) is 11.5 Å². The Hall–Kier alpha value is -6.40. The Morgan fingerprint density at radius 2 is 1.62 bits per heavy atom. The summed E-state index contributed by atoms with van der Waals surface area (Å²) in [7, 11) is 0. The van der Waals surface area contributed by atoms with Crippen molar-refractivity contribution in [2.24, 2.45) is 5.92 Å². The van der Waals surface area contributed by atoms with E-state index in [4.69, 9.17) is 26.4 Å². The lowest BCUT2D eigenvalue weighted by atomic mass is 10.0. The van der Waals surface area contributed by atoms with Crippen molar-refractivity contribution in [3.63, 3.8) is 0 Å². The second-order valence-electron chi connectivity index (χ2n) is 18.7. The summed E-state index contributed by atoms with van der Waals surface area (Å²) in [6.07, 6.45) is 0.861. The van der Waals surface area contributed by atoms with Crippen LogP contribution in [0.15, 0.2) is 84.6 Å². The van der Waals surface area contributed by atoms with E-state index >= 15 is 0 Å². The van der Waals surface area contributed by atoms with Gasteiger partial charge in [0, 0.05) is 38.3 Å². The number of halogens is 3. The van der Waals surface area contributed by atoms with E-state index in [-0.39, 0.29) is 47.5 Å². The molecule has 5 aromatic rings. The van der Waals surface area contributed by atoms with E-state index < -0.39 is 46.9 Å². The molecule has 0 saturated carbocycles. The second kappa shape index (κ2) is 23.0. The first-order valence-electron chi connectivity index (χ1n) is 23.9. The summed E-state index contributed by atoms with van der Waals surface area (Å²) in [5.41, 5.74) is 2.34. The number of hydrogen-bond acceptors (Lipinski definition) is 12. The lowest BCUT2D eigenvalue weighted by Crippen LogP contribution is -2.49. The zero-order chi connectivity index (χ0) is 51.9. The number of aliphatic hydroxyl groups excluding tert-OH is 1. The summed E-state index contributed by atoms with van der Waals surface area (Å²) >= 11 is 7.21. The molecule has 3 amide bonds. The van der Waals surface area contributed by atoms with Crippen LogP contribution in [0.4, 0.5) is 24.5 Å². The third-order valence-electron chi connectivity index (χ3n) is 12.7. The highest BCUT2D eigenvalue weighted by molar-refractivity contribution is 7.81. The summed E-state index contributed by atoms with van der Waals surface area (Å²) in [6, 6.07) is 17.7. The number of thiocarbonyl (C=S) groups is 1. The van der Waals surface area contributed by atoms with Gasteiger partial charge in [0.15, 0.2) is 10.9 Å². The number of unbranched alkanes of at least 4 members (excludes halogenated alkanes) is 2. The first-order valence-corrected chi connectivity index (χ1v) is 25.2. The zero-order valence-electron chi connectivity index (χ0n) is 41.0. The summed E-state index contributed by atoms with van der Waals surface area (Å²) in [6.45, 7) is 12.9. The predicted molar refractivity (Wildman–Crippen MR) is 271 cm³/mol. The van der Waals surface area contributed by atoms with Crippen LogP contribution in [-0.2, 0) is 25.3 Å². The fourth-order valence-corrected chi connectivity index (χ4v) is 10.2. The van der Waals surface area contributed by atoms with E-state index in [1.54, 1.807) is 77.5 Å². The molecule has 2 aliphatic rings. The van der Waals surface area contributed by atoms with Crippen molar-refractivity contribution in [1.82, 2.24) is 25.0 Å². The minimum absolute atomic E-state index is 0.00978. The Labute approximate surface area is 426 Å². The second-order valence-corrected chi connectivity index (χ2v) is 20.0. The van der Waals surface area contributed by atoms with Gasteiger partial charge in [0.25, 0.3) is 5.91 Å². The van der Waals surface area contributed by atoms with Crippen LogP contribution in [-0.4, -0.2) is 98.3 Å². The first kappa shape index (κ1) is 53.4. The van der Waals surface area contributed by atoms with Gasteiger partial charge in [0.05, 0.1) is 76.7 Å². The number of aromatic nitrogens is 3. The highest BCUT2D eigenvalue weighted by Gasteiger charge is 2.51. The maximum absolute atomic E-state index is 14.1. The molecule has 382 valence electrons. The monoisotopic (exact) mass is 1030 g/mol. The van der Waals surface area contributed by atoms with E-state index in [0.717, 1.165) is 58.0 Å². The molecule has 2 aromatic heterocycles. The fraction of sp³-hybridized carbons (Fsp3) is 0.442. The molecule has 0 aliphatic carbocycles. The highest BCUT2D eigenvalue weighted by atomic mass is 32.1. The predicted octanol–water partition coefficient (Wildman–Crippen LogP) is 9.19. The van der Waals surface area contributed by atoms with Gasteiger partial charge in [-0.25, -0.2) is 4.98 Å². The number of nitrogens with one attached hydrogen (secondary N) is 1. The number of thiazole rings is 1. The molecule has 2 aliphatic heterocycles. The van der Waals surface area contributed by atoms with Crippen LogP contribution in [0.1, 0.15) is 101 Å². The number of anilines is 2. The third-order valence-corrected chi connectivity index (χ3v) is 14.1. The third kappa shape index (κ3) is 12.1. The van der Waals surface area contributed by atoms with Crippen molar-refractivity contribution in [3.8, 4) is 28.0 Å². The van der Waals surface area contributed by atoms with Crippen molar-refractivity contribution in [1.29, 1.82) is 5.26 Å². The highest BCUT2D eigenvalue weighted by Crippen LogP contribution is 2.40. The number of nitrogens with zero attached hydrogens (tertiary/aromatic N) is 7. The summed E-state index contributed by atoms with van der Waals surface area (Å²) in [4.78, 5) is 50.9. The van der Waals surface area contributed by atoms with Crippen molar-refractivity contribution in [3.05, 3.63) is 107 Å². The quantitative estimate of drug-likeness (QED) is 0.0528. The Kier molecular flexibility index (Phi) is 17.1. The number of likely N-dealkylation sites (tertiary alicyclic amines) is 1. The molecule has 0 spiro atoms. The van der Waals surface area contributed by atoms with Gasteiger partial charge >= 0.3 is 6.18 Å². The molecule has 3 aromatic carbocycles.